The van der Waals surface area contributed by atoms with Crippen LogP contribution >= 0.6 is 0 Å². The molecule has 6 nitrogen and oxygen atoms in total. The number of carbonyl (C=O) groups is 1. The van der Waals surface area contributed by atoms with E-state index in [1.807, 2.05) is 0 Å². The summed E-state index contributed by atoms with van der Waals surface area (Å²) in [6.45, 7) is 2.51. The summed E-state index contributed by atoms with van der Waals surface area (Å²) in [5.41, 5.74) is 0. The van der Waals surface area contributed by atoms with Crippen molar-refractivity contribution < 1.29 is 18.3 Å². The first-order chi connectivity index (χ1) is 7.52. The van der Waals surface area contributed by atoms with Crippen molar-refractivity contribution in [2.24, 2.45) is 0 Å². The van der Waals surface area contributed by atoms with Gasteiger partial charge < -0.3 is 10.4 Å². The molecule has 1 rings (SSSR count). The molecular weight excluding hydrogens is 232 g/mol. The van der Waals surface area contributed by atoms with Crippen molar-refractivity contribution in [3.8, 4) is 0 Å². The third-order valence-electron chi connectivity index (χ3n) is 2.49. The number of aliphatic carboxylic acids is 1. The van der Waals surface area contributed by atoms with Gasteiger partial charge in [0.2, 0.25) is 10.0 Å². The summed E-state index contributed by atoms with van der Waals surface area (Å²) in [4.78, 5) is 10.3. The van der Waals surface area contributed by atoms with Crippen molar-refractivity contribution in [1.82, 2.24) is 9.62 Å². The lowest BCUT2D eigenvalue weighted by atomic mass is 10.3. The Labute approximate surface area is 95.7 Å². The number of nitrogens with one attached hydrogen (secondary N) is 1. The number of carboxylic acid groups (broad SMARTS) is 1. The quantitative estimate of drug-likeness (QED) is 0.685. The van der Waals surface area contributed by atoms with Crippen LogP contribution in [0, 0.1) is 0 Å². The van der Waals surface area contributed by atoms with E-state index >= 15 is 0 Å². The van der Waals surface area contributed by atoms with Gasteiger partial charge in [0.15, 0.2) is 0 Å². The molecule has 0 bridgehead atoms. The first-order valence-electron chi connectivity index (χ1n) is 5.43. The van der Waals surface area contributed by atoms with Gasteiger partial charge in [-0.3, -0.25) is 4.79 Å². The number of nitrogens with zero attached hydrogens (tertiary/aromatic N) is 1. The van der Waals surface area contributed by atoms with Gasteiger partial charge in [-0.05, 0) is 19.4 Å². The summed E-state index contributed by atoms with van der Waals surface area (Å²) < 4.78 is 25.1. The lowest BCUT2D eigenvalue weighted by Gasteiger charge is -2.19. The largest absolute Gasteiger partial charge is 0.481 e. The van der Waals surface area contributed by atoms with Gasteiger partial charge in [0.05, 0.1) is 5.75 Å². The zero-order chi connectivity index (χ0) is 12.0. The first-order valence-corrected chi connectivity index (χ1v) is 7.03. The lowest BCUT2D eigenvalue weighted by Crippen LogP contribution is -2.35. The molecule has 94 valence electrons. The third-order valence-corrected chi connectivity index (χ3v) is 4.44. The number of hydrogen-bond donors (Lipinski definition) is 2. The molecule has 0 aromatic heterocycles. The highest BCUT2D eigenvalue weighted by Gasteiger charge is 2.22. The molecule has 16 heavy (non-hydrogen) atoms. The predicted octanol–water partition coefficient (Wildman–Crippen LogP) is -0.524. The van der Waals surface area contributed by atoms with Gasteiger partial charge in [0, 0.05) is 26.1 Å². The highest BCUT2D eigenvalue weighted by molar-refractivity contribution is 7.89. The van der Waals surface area contributed by atoms with Gasteiger partial charge in [-0.1, -0.05) is 0 Å². The molecular formula is C9H18N2O4S. The van der Waals surface area contributed by atoms with Crippen LogP contribution in [0.4, 0.5) is 0 Å². The Bertz CT molecular complexity index is 320. The molecule has 0 atom stereocenters. The van der Waals surface area contributed by atoms with Crippen molar-refractivity contribution in [1.29, 1.82) is 0 Å². The lowest BCUT2D eigenvalue weighted by molar-refractivity contribution is -0.137. The summed E-state index contributed by atoms with van der Waals surface area (Å²) in [6, 6.07) is 0. The number of rotatable bonds is 5. The number of carboxylic acids is 1. The Hall–Kier alpha value is -0.660. The number of sulfonamides is 1. The summed E-state index contributed by atoms with van der Waals surface area (Å²) in [7, 11) is -3.27. The topological polar surface area (TPSA) is 86.7 Å². The molecule has 0 aliphatic carbocycles. The van der Waals surface area contributed by atoms with Crippen LogP contribution in [0.2, 0.25) is 0 Å². The van der Waals surface area contributed by atoms with Gasteiger partial charge in [-0.2, -0.15) is 0 Å². The van der Waals surface area contributed by atoms with Crippen molar-refractivity contribution in [3.05, 3.63) is 0 Å². The Balaban J connectivity index is 2.44. The maximum absolute atomic E-state index is 11.8. The smallest absolute Gasteiger partial charge is 0.303 e. The Morgan fingerprint density at radius 3 is 2.75 bits per heavy atom. The molecule has 0 radical (unpaired) electrons. The van der Waals surface area contributed by atoms with Gasteiger partial charge in [-0.15, -0.1) is 0 Å². The molecule has 0 spiro atoms. The molecule has 7 heteroatoms. The van der Waals surface area contributed by atoms with Crippen LogP contribution < -0.4 is 5.32 Å². The number of hydrogen-bond acceptors (Lipinski definition) is 4. The molecule has 1 aliphatic rings. The third kappa shape index (κ3) is 4.46. The second kappa shape index (κ2) is 6.17. The summed E-state index contributed by atoms with van der Waals surface area (Å²) in [5.74, 6) is -1.02. The molecule has 0 amide bonds. The van der Waals surface area contributed by atoms with Crippen LogP contribution in [-0.4, -0.2) is 55.7 Å². The van der Waals surface area contributed by atoms with E-state index in [2.05, 4.69) is 5.32 Å². The van der Waals surface area contributed by atoms with Crippen LogP contribution in [0.25, 0.3) is 0 Å². The monoisotopic (exact) mass is 250 g/mol. The van der Waals surface area contributed by atoms with Gasteiger partial charge in [-0.25, -0.2) is 12.7 Å². The Morgan fingerprint density at radius 1 is 1.31 bits per heavy atom. The summed E-state index contributed by atoms with van der Waals surface area (Å²) >= 11 is 0. The zero-order valence-electron chi connectivity index (χ0n) is 9.18. The zero-order valence-corrected chi connectivity index (χ0v) is 10.0. The van der Waals surface area contributed by atoms with E-state index in [4.69, 9.17) is 5.11 Å². The molecule has 0 unspecified atom stereocenters. The fourth-order valence-electron chi connectivity index (χ4n) is 1.63. The predicted molar refractivity (Wildman–Crippen MR) is 59.7 cm³/mol. The first kappa shape index (κ1) is 13.4. The normalized spacial score (nSPS) is 19.2. The van der Waals surface area contributed by atoms with E-state index < -0.39 is 16.0 Å². The Morgan fingerprint density at radius 2 is 2.06 bits per heavy atom. The van der Waals surface area contributed by atoms with Crippen molar-refractivity contribution >= 4 is 16.0 Å². The molecule has 1 aliphatic heterocycles. The average molecular weight is 250 g/mol. The molecule has 0 aromatic rings. The van der Waals surface area contributed by atoms with Crippen molar-refractivity contribution in [2.45, 2.75) is 19.3 Å². The van der Waals surface area contributed by atoms with Gasteiger partial charge >= 0.3 is 5.97 Å². The molecule has 1 fully saturated rings. The van der Waals surface area contributed by atoms with E-state index in [1.54, 1.807) is 0 Å². The van der Waals surface area contributed by atoms with E-state index in [0.29, 0.717) is 19.6 Å². The van der Waals surface area contributed by atoms with Crippen LogP contribution in [0.15, 0.2) is 0 Å². The molecule has 1 heterocycles. The van der Waals surface area contributed by atoms with Crippen LogP contribution in [0.3, 0.4) is 0 Å². The van der Waals surface area contributed by atoms with Gasteiger partial charge in [0.25, 0.3) is 0 Å². The maximum Gasteiger partial charge on any atom is 0.303 e. The minimum atomic E-state index is -3.27. The van der Waals surface area contributed by atoms with Crippen LogP contribution in [0.5, 0.6) is 0 Å². The second-order valence-corrected chi connectivity index (χ2v) is 5.90. The standard InChI is InChI=1S/C9H18N2O4S/c12-9(13)3-1-8-16(14,15)11-6-2-4-10-5-7-11/h10H,1-8H2,(H,12,13). The Kier molecular flexibility index (Phi) is 5.17. The van der Waals surface area contributed by atoms with Crippen molar-refractivity contribution in [2.75, 3.05) is 31.9 Å². The maximum atomic E-state index is 11.8. The molecule has 1 saturated heterocycles. The molecule has 0 saturated carbocycles. The second-order valence-electron chi connectivity index (χ2n) is 3.82. The summed E-state index contributed by atoms with van der Waals surface area (Å²) in [5, 5.41) is 11.6. The minimum absolute atomic E-state index is 0.0701. The minimum Gasteiger partial charge on any atom is -0.481 e. The highest BCUT2D eigenvalue weighted by atomic mass is 32.2. The van der Waals surface area contributed by atoms with Gasteiger partial charge in [0.1, 0.15) is 0 Å². The van der Waals surface area contributed by atoms with Crippen LogP contribution in [0.1, 0.15) is 19.3 Å². The molecule has 2 N–H and O–H groups in total. The fraction of sp³-hybridized carbons (Fsp3) is 0.889. The summed E-state index contributed by atoms with van der Waals surface area (Å²) in [6.07, 6.45) is 0.894. The average Bonchev–Trinajstić information content (AvgIpc) is 2.44. The van der Waals surface area contributed by atoms with E-state index in [1.165, 1.54) is 4.31 Å². The SMILES string of the molecule is O=C(O)CCCS(=O)(=O)N1CCCNCC1. The van der Waals surface area contributed by atoms with Crippen molar-refractivity contribution in [3.63, 3.8) is 0 Å². The van der Waals surface area contributed by atoms with Crippen LogP contribution in [-0.2, 0) is 14.8 Å². The fourth-order valence-corrected chi connectivity index (χ4v) is 3.18. The highest BCUT2D eigenvalue weighted by Crippen LogP contribution is 2.07. The van der Waals surface area contributed by atoms with E-state index in [-0.39, 0.29) is 18.6 Å². The molecule has 0 aromatic carbocycles. The van der Waals surface area contributed by atoms with E-state index in [0.717, 1.165) is 13.0 Å². The van der Waals surface area contributed by atoms with E-state index in [9.17, 15) is 13.2 Å².